The molecule has 2 heterocycles. The predicted molar refractivity (Wildman–Crippen MR) is 61.6 cm³/mol. The van der Waals surface area contributed by atoms with Gasteiger partial charge in [0, 0.05) is 19.0 Å². The molecule has 0 saturated carbocycles. The summed E-state index contributed by atoms with van der Waals surface area (Å²) in [6.07, 6.45) is 4.12. The monoisotopic (exact) mass is 232 g/mol. The smallest absolute Gasteiger partial charge is 0.216 e. The SMILES string of the molecule is Cc1nc2c([nH]1)CC(Cc1nnc(C)o1)CC2. The lowest BCUT2D eigenvalue weighted by Crippen LogP contribution is -2.16. The van der Waals surface area contributed by atoms with Crippen molar-refractivity contribution in [3.05, 3.63) is 29.0 Å². The summed E-state index contributed by atoms with van der Waals surface area (Å²) >= 11 is 0. The molecule has 1 aliphatic rings. The number of fused-ring (bicyclic) bond motifs is 1. The van der Waals surface area contributed by atoms with E-state index in [1.807, 2.05) is 13.8 Å². The lowest BCUT2D eigenvalue weighted by atomic mass is 9.87. The van der Waals surface area contributed by atoms with E-state index >= 15 is 0 Å². The summed E-state index contributed by atoms with van der Waals surface area (Å²) in [5.74, 6) is 3.01. The molecule has 1 aliphatic carbocycles. The summed E-state index contributed by atoms with van der Waals surface area (Å²) in [5, 5.41) is 7.92. The van der Waals surface area contributed by atoms with Gasteiger partial charge in [-0.05, 0) is 32.1 Å². The minimum atomic E-state index is 0.585. The molecule has 0 radical (unpaired) electrons. The van der Waals surface area contributed by atoms with Gasteiger partial charge in [-0.25, -0.2) is 4.98 Å². The third kappa shape index (κ3) is 2.09. The maximum Gasteiger partial charge on any atom is 0.216 e. The van der Waals surface area contributed by atoms with E-state index < -0.39 is 0 Å². The standard InChI is InChI=1S/C12H16N4O/c1-7-13-10-4-3-9(5-11(10)14-7)6-12-16-15-8(2)17-12/h9H,3-6H2,1-2H3,(H,13,14). The molecule has 5 heteroatoms. The fourth-order valence-electron chi connectivity index (χ4n) is 2.54. The molecule has 0 saturated heterocycles. The van der Waals surface area contributed by atoms with Gasteiger partial charge in [0.25, 0.3) is 0 Å². The number of imidazole rings is 1. The Bertz CT molecular complexity index is 528. The van der Waals surface area contributed by atoms with Gasteiger partial charge in [-0.1, -0.05) is 0 Å². The highest BCUT2D eigenvalue weighted by molar-refractivity contribution is 5.18. The van der Waals surface area contributed by atoms with Crippen LogP contribution in [0.1, 0.15) is 35.4 Å². The van der Waals surface area contributed by atoms with E-state index in [9.17, 15) is 0 Å². The molecule has 0 aromatic carbocycles. The van der Waals surface area contributed by atoms with Gasteiger partial charge in [-0.3, -0.25) is 0 Å². The third-order valence-electron chi connectivity index (χ3n) is 3.30. The zero-order valence-electron chi connectivity index (χ0n) is 10.2. The number of aryl methyl sites for hydroxylation is 3. The number of nitrogens with zero attached hydrogens (tertiary/aromatic N) is 3. The topological polar surface area (TPSA) is 67.6 Å². The van der Waals surface area contributed by atoms with Crippen LogP contribution >= 0.6 is 0 Å². The number of hydrogen-bond donors (Lipinski definition) is 1. The summed E-state index contributed by atoms with van der Waals surface area (Å²) in [7, 11) is 0. The lowest BCUT2D eigenvalue weighted by Gasteiger charge is -2.19. The van der Waals surface area contributed by atoms with Crippen LogP contribution in [-0.2, 0) is 19.3 Å². The number of aromatic amines is 1. The van der Waals surface area contributed by atoms with Crippen molar-refractivity contribution in [2.24, 2.45) is 5.92 Å². The Labute approximate surface area is 99.7 Å². The van der Waals surface area contributed by atoms with E-state index in [0.717, 1.165) is 37.4 Å². The zero-order chi connectivity index (χ0) is 11.8. The van der Waals surface area contributed by atoms with Crippen LogP contribution in [0.2, 0.25) is 0 Å². The third-order valence-corrected chi connectivity index (χ3v) is 3.30. The highest BCUT2D eigenvalue weighted by Gasteiger charge is 2.23. The van der Waals surface area contributed by atoms with Crippen LogP contribution in [0.4, 0.5) is 0 Å². The minimum absolute atomic E-state index is 0.585. The highest BCUT2D eigenvalue weighted by atomic mass is 16.4. The van der Waals surface area contributed by atoms with E-state index in [1.165, 1.54) is 11.4 Å². The first-order valence-electron chi connectivity index (χ1n) is 6.04. The molecule has 2 aromatic heterocycles. The van der Waals surface area contributed by atoms with Crippen LogP contribution in [0.25, 0.3) is 0 Å². The second kappa shape index (κ2) is 3.98. The summed E-state index contributed by atoms with van der Waals surface area (Å²) < 4.78 is 5.43. The maximum atomic E-state index is 5.43. The first-order chi connectivity index (χ1) is 8.20. The van der Waals surface area contributed by atoms with Gasteiger partial charge in [-0.2, -0.15) is 0 Å². The Morgan fingerprint density at radius 1 is 1.35 bits per heavy atom. The molecule has 0 aliphatic heterocycles. The van der Waals surface area contributed by atoms with Crippen molar-refractivity contribution in [2.45, 2.75) is 39.5 Å². The molecule has 1 atom stereocenters. The largest absolute Gasteiger partial charge is 0.426 e. The lowest BCUT2D eigenvalue weighted by molar-refractivity contribution is 0.382. The molecule has 2 aromatic rings. The minimum Gasteiger partial charge on any atom is -0.426 e. The van der Waals surface area contributed by atoms with Crippen molar-refractivity contribution >= 4 is 0 Å². The quantitative estimate of drug-likeness (QED) is 0.856. The van der Waals surface area contributed by atoms with E-state index in [1.54, 1.807) is 0 Å². The molecule has 0 amide bonds. The molecule has 90 valence electrons. The first-order valence-corrected chi connectivity index (χ1v) is 6.04. The van der Waals surface area contributed by atoms with Gasteiger partial charge in [0.15, 0.2) is 0 Å². The zero-order valence-corrected chi connectivity index (χ0v) is 10.2. The average molecular weight is 232 g/mol. The number of H-pyrrole nitrogens is 1. The van der Waals surface area contributed by atoms with Gasteiger partial charge in [0.1, 0.15) is 5.82 Å². The molecule has 3 rings (SSSR count). The summed E-state index contributed by atoms with van der Waals surface area (Å²) in [5.41, 5.74) is 2.52. The van der Waals surface area contributed by atoms with Gasteiger partial charge in [-0.15, -0.1) is 10.2 Å². The van der Waals surface area contributed by atoms with Gasteiger partial charge >= 0.3 is 0 Å². The normalized spacial score (nSPS) is 19.3. The Morgan fingerprint density at radius 3 is 3.00 bits per heavy atom. The maximum absolute atomic E-state index is 5.43. The molecule has 0 spiro atoms. The van der Waals surface area contributed by atoms with E-state index in [0.29, 0.717) is 11.8 Å². The van der Waals surface area contributed by atoms with Gasteiger partial charge in [0.05, 0.1) is 5.69 Å². The van der Waals surface area contributed by atoms with Crippen LogP contribution in [0, 0.1) is 19.8 Å². The second-order valence-electron chi connectivity index (χ2n) is 4.78. The van der Waals surface area contributed by atoms with Crippen molar-refractivity contribution in [3.8, 4) is 0 Å². The molecule has 17 heavy (non-hydrogen) atoms. The fourth-order valence-corrected chi connectivity index (χ4v) is 2.54. The van der Waals surface area contributed by atoms with Crippen molar-refractivity contribution in [3.63, 3.8) is 0 Å². The Morgan fingerprint density at radius 2 is 2.24 bits per heavy atom. The van der Waals surface area contributed by atoms with Crippen LogP contribution in [0.15, 0.2) is 4.42 Å². The van der Waals surface area contributed by atoms with Crippen LogP contribution < -0.4 is 0 Å². The predicted octanol–water partition coefficient (Wildman–Crippen LogP) is 1.76. The van der Waals surface area contributed by atoms with Crippen LogP contribution in [0.3, 0.4) is 0 Å². The average Bonchev–Trinajstić information content (AvgIpc) is 2.83. The molecule has 1 unspecified atom stereocenters. The summed E-state index contributed by atoms with van der Waals surface area (Å²) in [6, 6.07) is 0. The Balaban J connectivity index is 1.71. The van der Waals surface area contributed by atoms with Gasteiger partial charge < -0.3 is 9.40 Å². The summed E-state index contributed by atoms with van der Waals surface area (Å²) in [6.45, 7) is 3.84. The first kappa shape index (κ1) is 10.5. The number of hydrogen-bond acceptors (Lipinski definition) is 4. The van der Waals surface area contributed by atoms with Crippen molar-refractivity contribution < 1.29 is 4.42 Å². The highest BCUT2D eigenvalue weighted by Crippen LogP contribution is 2.26. The van der Waals surface area contributed by atoms with E-state index in [-0.39, 0.29) is 0 Å². The number of rotatable bonds is 2. The van der Waals surface area contributed by atoms with E-state index in [2.05, 4.69) is 20.2 Å². The molecular formula is C12H16N4O. The Kier molecular flexibility index (Phi) is 2.46. The fraction of sp³-hybridized carbons (Fsp3) is 0.583. The van der Waals surface area contributed by atoms with Gasteiger partial charge in [0.2, 0.25) is 11.8 Å². The number of nitrogens with one attached hydrogen (secondary N) is 1. The molecule has 1 N–H and O–H groups in total. The molecule has 0 fully saturated rings. The second-order valence-corrected chi connectivity index (χ2v) is 4.78. The van der Waals surface area contributed by atoms with E-state index in [4.69, 9.17) is 4.42 Å². The van der Waals surface area contributed by atoms with Crippen molar-refractivity contribution in [1.29, 1.82) is 0 Å². The van der Waals surface area contributed by atoms with Crippen LogP contribution in [-0.4, -0.2) is 20.2 Å². The molecule has 5 nitrogen and oxygen atoms in total. The number of aromatic nitrogens is 4. The molecule has 0 bridgehead atoms. The Hall–Kier alpha value is -1.65. The van der Waals surface area contributed by atoms with Crippen LogP contribution in [0.5, 0.6) is 0 Å². The summed E-state index contributed by atoms with van der Waals surface area (Å²) in [4.78, 5) is 7.83. The van der Waals surface area contributed by atoms with Crippen molar-refractivity contribution in [2.75, 3.05) is 0 Å². The van der Waals surface area contributed by atoms with Crippen molar-refractivity contribution in [1.82, 2.24) is 20.2 Å². The molecular weight excluding hydrogens is 216 g/mol.